The number of carbonyl (C=O) groups is 1. The molecule has 0 unspecified atom stereocenters. The van der Waals surface area contributed by atoms with Crippen LogP contribution in [0, 0.1) is 0 Å². The first-order valence-corrected chi connectivity index (χ1v) is 12.5. The lowest BCUT2D eigenvalue weighted by Gasteiger charge is -2.18. The van der Waals surface area contributed by atoms with Gasteiger partial charge >= 0.3 is 0 Å². The number of halogens is 1. The Bertz CT molecular complexity index is 1380. The first-order chi connectivity index (χ1) is 14.9. The minimum Gasteiger partial charge on any atom is -0.321 e. The number of hydrogen-bond donors (Lipinski definition) is 1. The van der Waals surface area contributed by atoms with Gasteiger partial charge in [0.2, 0.25) is 10.0 Å². The van der Waals surface area contributed by atoms with Crippen LogP contribution in [0.15, 0.2) is 65.6 Å². The monoisotopic (exact) mass is 472 g/mol. The number of carbonyl (C=O) groups excluding carboxylic acids is 1. The molecule has 0 aliphatic carbocycles. The summed E-state index contributed by atoms with van der Waals surface area (Å²) < 4.78 is 27.6. The predicted molar refractivity (Wildman–Crippen MR) is 129 cm³/mol. The minimum atomic E-state index is -3.54. The van der Waals surface area contributed by atoms with Gasteiger partial charge in [0.1, 0.15) is 4.88 Å². The van der Waals surface area contributed by atoms with Crippen molar-refractivity contribution in [1.29, 1.82) is 0 Å². The van der Waals surface area contributed by atoms with Crippen LogP contribution >= 0.6 is 22.9 Å². The quantitative estimate of drug-likeness (QED) is 0.374. The standard InChI is InChI=1S/C23H21ClN2O3S2/c1-3-26(4-2)31(28,29)17-12-10-16(11-13-17)25-23(27)22-21(24)20-18-8-6-5-7-15(18)9-14-19(20)30-22/h5-14H,3-4H2,1-2H3,(H,25,27). The van der Waals surface area contributed by atoms with Crippen LogP contribution in [0.25, 0.3) is 20.9 Å². The number of anilines is 1. The molecule has 5 nitrogen and oxygen atoms in total. The molecule has 0 bridgehead atoms. The van der Waals surface area contributed by atoms with Crippen LogP contribution in [0.2, 0.25) is 5.02 Å². The summed E-state index contributed by atoms with van der Waals surface area (Å²) in [6.45, 7) is 4.40. The lowest BCUT2D eigenvalue weighted by Crippen LogP contribution is -2.30. The Hall–Kier alpha value is -2.45. The van der Waals surface area contributed by atoms with Gasteiger partial charge in [-0.15, -0.1) is 11.3 Å². The summed E-state index contributed by atoms with van der Waals surface area (Å²) in [7, 11) is -3.54. The molecule has 160 valence electrons. The molecule has 0 atom stereocenters. The lowest BCUT2D eigenvalue weighted by molar-refractivity contribution is 0.103. The summed E-state index contributed by atoms with van der Waals surface area (Å²) in [5.74, 6) is -0.324. The van der Waals surface area contributed by atoms with Crippen molar-refractivity contribution in [2.45, 2.75) is 18.7 Å². The molecule has 1 amide bonds. The molecule has 31 heavy (non-hydrogen) atoms. The molecule has 8 heteroatoms. The minimum absolute atomic E-state index is 0.195. The molecular formula is C23H21ClN2O3S2. The number of rotatable bonds is 6. The third-order valence-corrected chi connectivity index (χ3v) is 8.89. The van der Waals surface area contributed by atoms with Gasteiger partial charge in [0, 0.05) is 28.9 Å². The largest absolute Gasteiger partial charge is 0.321 e. The van der Waals surface area contributed by atoms with Crippen LogP contribution in [0.1, 0.15) is 23.5 Å². The van der Waals surface area contributed by atoms with Gasteiger partial charge in [-0.05, 0) is 41.1 Å². The molecule has 0 radical (unpaired) electrons. The number of fused-ring (bicyclic) bond motifs is 3. The fraction of sp³-hybridized carbons (Fsp3) is 0.174. The van der Waals surface area contributed by atoms with Gasteiger partial charge in [0.15, 0.2) is 0 Å². The number of hydrogen-bond acceptors (Lipinski definition) is 4. The van der Waals surface area contributed by atoms with Crippen molar-refractivity contribution in [1.82, 2.24) is 4.31 Å². The van der Waals surface area contributed by atoms with Crippen molar-refractivity contribution in [2.75, 3.05) is 18.4 Å². The van der Waals surface area contributed by atoms with E-state index < -0.39 is 10.0 Å². The molecule has 4 aromatic rings. The average Bonchev–Trinajstić information content (AvgIpc) is 3.12. The maximum Gasteiger partial charge on any atom is 0.267 e. The van der Waals surface area contributed by atoms with Gasteiger partial charge in [-0.3, -0.25) is 4.79 Å². The number of amides is 1. The second kappa shape index (κ2) is 8.59. The van der Waals surface area contributed by atoms with Crippen molar-refractivity contribution in [2.24, 2.45) is 0 Å². The number of benzene rings is 3. The van der Waals surface area contributed by atoms with Gasteiger partial charge in [-0.2, -0.15) is 4.31 Å². The Morgan fingerprint density at radius 1 is 1.00 bits per heavy atom. The van der Waals surface area contributed by atoms with E-state index in [1.165, 1.54) is 27.8 Å². The SMILES string of the molecule is CCN(CC)S(=O)(=O)c1ccc(NC(=O)c2sc3ccc4ccccc4c3c2Cl)cc1. The second-order valence-electron chi connectivity index (χ2n) is 6.97. The van der Waals surface area contributed by atoms with Gasteiger partial charge in [0.05, 0.1) is 9.92 Å². The van der Waals surface area contributed by atoms with Gasteiger partial charge in [0.25, 0.3) is 5.91 Å². The predicted octanol–water partition coefficient (Wildman–Crippen LogP) is 5.99. The van der Waals surface area contributed by atoms with Crippen LogP contribution in [-0.4, -0.2) is 31.7 Å². The molecule has 0 fully saturated rings. The van der Waals surface area contributed by atoms with Crippen LogP contribution in [0.5, 0.6) is 0 Å². The van der Waals surface area contributed by atoms with Crippen molar-refractivity contribution >= 4 is 65.4 Å². The van der Waals surface area contributed by atoms with Crippen molar-refractivity contribution in [3.8, 4) is 0 Å². The Balaban J connectivity index is 1.62. The Morgan fingerprint density at radius 3 is 2.35 bits per heavy atom. The highest BCUT2D eigenvalue weighted by Crippen LogP contribution is 2.40. The summed E-state index contributed by atoms with van der Waals surface area (Å²) in [5, 5.41) is 6.19. The van der Waals surface area contributed by atoms with Crippen molar-refractivity contribution in [3.63, 3.8) is 0 Å². The summed E-state index contributed by atoms with van der Waals surface area (Å²) in [6, 6.07) is 18.1. The molecule has 0 aliphatic rings. The molecule has 3 aromatic carbocycles. The van der Waals surface area contributed by atoms with Crippen molar-refractivity contribution < 1.29 is 13.2 Å². The molecule has 1 aromatic heterocycles. The van der Waals surface area contributed by atoms with E-state index in [2.05, 4.69) is 5.32 Å². The Labute approximate surface area is 190 Å². The van der Waals surface area contributed by atoms with E-state index in [1.54, 1.807) is 26.0 Å². The number of nitrogens with zero attached hydrogens (tertiary/aromatic N) is 1. The van der Waals surface area contributed by atoms with Crippen molar-refractivity contribution in [3.05, 3.63) is 70.6 Å². The molecule has 0 saturated carbocycles. The highest BCUT2D eigenvalue weighted by atomic mass is 35.5. The van der Waals surface area contributed by atoms with E-state index in [4.69, 9.17) is 11.6 Å². The Kier molecular flexibility index (Phi) is 6.03. The van der Waals surface area contributed by atoms with Crippen LogP contribution in [0.4, 0.5) is 5.69 Å². The molecular weight excluding hydrogens is 452 g/mol. The normalized spacial score (nSPS) is 12.0. The molecule has 1 N–H and O–H groups in total. The summed E-state index contributed by atoms with van der Waals surface area (Å²) in [5.41, 5.74) is 0.502. The second-order valence-corrected chi connectivity index (χ2v) is 10.3. The third-order valence-electron chi connectivity index (χ3n) is 5.18. The highest BCUT2D eigenvalue weighted by Gasteiger charge is 2.22. The van der Waals surface area contributed by atoms with Gasteiger partial charge < -0.3 is 5.32 Å². The number of thiophene rings is 1. The average molecular weight is 473 g/mol. The van der Waals surface area contributed by atoms with E-state index in [-0.39, 0.29) is 10.8 Å². The summed E-state index contributed by atoms with van der Waals surface area (Å²) in [6.07, 6.45) is 0. The molecule has 0 spiro atoms. The van der Waals surface area contributed by atoms with E-state index in [0.717, 1.165) is 20.9 Å². The fourth-order valence-electron chi connectivity index (χ4n) is 3.59. The van der Waals surface area contributed by atoms with Crippen LogP contribution < -0.4 is 5.32 Å². The zero-order valence-corrected chi connectivity index (χ0v) is 19.4. The molecule has 1 heterocycles. The van der Waals surface area contributed by atoms with Gasteiger partial charge in [-0.1, -0.05) is 55.8 Å². The summed E-state index contributed by atoms with van der Waals surface area (Å²) >= 11 is 7.95. The molecule has 0 saturated heterocycles. The van der Waals surface area contributed by atoms with E-state index >= 15 is 0 Å². The third kappa shape index (κ3) is 3.94. The first kappa shape index (κ1) is 21.8. The molecule has 0 aliphatic heterocycles. The van der Waals surface area contributed by atoms with E-state index in [9.17, 15) is 13.2 Å². The lowest BCUT2D eigenvalue weighted by atomic mass is 10.1. The Morgan fingerprint density at radius 2 is 1.68 bits per heavy atom. The number of nitrogens with one attached hydrogen (secondary N) is 1. The summed E-state index contributed by atoms with van der Waals surface area (Å²) in [4.78, 5) is 13.5. The van der Waals surface area contributed by atoms with E-state index in [1.807, 2.05) is 36.4 Å². The zero-order valence-electron chi connectivity index (χ0n) is 17.1. The smallest absolute Gasteiger partial charge is 0.267 e. The van der Waals surface area contributed by atoms with Crippen LogP contribution in [-0.2, 0) is 10.0 Å². The zero-order chi connectivity index (χ0) is 22.2. The molecule has 4 rings (SSSR count). The first-order valence-electron chi connectivity index (χ1n) is 9.88. The maximum atomic E-state index is 12.9. The topological polar surface area (TPSA) is 66.5 Å². The van der Waals surface area contributed by atoms with E-state index in [0.29, 0.717) is 28.7 Å². The highest BCUT2D eigenvalue weighted by molar-refractivity contribution is 7.89. The maximum absolute atomic E-state index is 12.9. The van der Waals surface area contributed by atoms with Crippen LogP contribution in [0.3, 0.4) is 0 Å². The number of sulfonamides is 1. The fourth-order valence-corrected chi connectivity index (χ4v) is 6.51. The van der Waals surface area contributed by atoms with Gasteiger partial charge in [-0.25, -0.2) is 8.42 Å².